The van der Waals surface area contributed by atoms with Crippen LogP contribution in [0.1, 0.15) is 36.2 Å². The number of H-pyrrole nitrogens is 1. The minimum atomic E-state index is -4.51. The van der Waals surface area contributed by atoms with Gasteiger partial charge in [-0.1, -0.05) is 23.4 Å². The van der Waals surface area contributed by atoms with E-state index in [1.165, 1.54) is 24.3 Å². The molecule has 3 aromatic rings. The fourth-order valence-corrected chi connectivity index (χ4v) is 4.14. The summed E-state index contributed by atoms with van der Waals surface area (Å²) in [5, 5.41) is 13.8. The summed E-state index contributed by atoms with van der Waals surface area (Å²) >= 11 is 0. The van der Waals surface area contributed by atoms with E-state index in [2.05, 4.69) is 15.1 Å². The average Bonchev–Trinajstić information content (AvgIpc) is 3.37. The molecule has 0 atom stereocenters. The summed E-state index contributed by atoms with van der Waals surface area (Å²) in [4.78, 5) is 13.3. The Morgan fingerprint density at radius 2 is 1.90 bits per heavy atom. The Bertz CT molecular complexity index is 1230. The first-order chi connectivity index (χ1) is 14.9. The number of fused-ring (bicyclic) bond motifs is 1. The van der Waals surface area contributed by atoms with Gasteiger partial charge in [0.05, 0.1) is 29.9 Å². The van der Waals surface area contributed by atoms with Crippen molar-refractivity contribution >= 4 is 16.7 Å². The fourth-order valence-electron chi connectivity index (χ4n) is 4.14. The Morgan fingerprint density at radius 1 is 1.13 bits per heavy atom. The molecule has 0 bridgehead atoms. The van der Waals surface area contributed by atoms with Crippen LogP contribution in [0.15, 0.2) is 41.6 Å². The molecular weight excluding hydrogens is 409 g/mol. The minimum absolute atomic E-state index is 0.00671. The molecule has 1 fully saturated rings. The smallest absolute Gasteiger partial charge is 0.388 e. The maximum Gasteiger partial charge on any atom is 0.417 e. The van der Waals surface area contributed by atoms with E-state index in [0.717, 1.165) is 18.9 Å². The van der Waals surface area contributed by atoms with E-state index in [1.54, 1.807) is 6.07 Å². The number of ether oxygens (including phenoxy) is 1. The van der Waals surface area contributed by atoms with E-state index in [1.807, 2.05) is 6.07 Å². The van der Waals surface area contributed by atoms with E-state index in [4.69, 9.17) is 9.57 Å². The van der Waals surface area contributed by atoms with Crippen molar-refractivity contribution in [2.45, 2.75) is 31.0 Å². The van der Waals surface area contributed by atoms with Gasteiger partial charge in [-0.25, -0.2) is 4.98 Å². The highest BCUT2D eigenvalue weighted by atomic mass is 19.4. The third kappa shape index (κ3) is 3.43. The van der Waals surface area contributed by atoms with E-state index in [-0.39, 0.29) is 16.7 Å². The number of benzene rings is 2. The molecule has 158 valence electrons. The summed E-state index contributed by atoms with van der Waals surface area (Å²) in [7, 11) is 0. The summed E-state index contributed by atoms with van der Waals surface area (Å²) in [5.41, 5.74) is 0.809. The lowest BCUT2D eigenvalue weighted by molar-refractivity contribution is -0.137. The monoisotopic (exact) mass is 426 g/mol. The predicted octanol–water partition coefficient (Wildman–Crippen LogP) is 4.79. The number of imidazole rings is 1. The number of nitrogens with zero attached hydrogens (tertiary/aromatic N) is 3. The first kappa shape index (κ1) is 19.6. The van der Waals surface area contributed by atoms with Gasteiger partial charge in [-0.2, -0.15) is 18.4 Å². The first-order valence-electron chi connectivity index (χ1n) is 9.82. The molecule has 1 aromatic heterocycles. The lowest BCUT2D eigenvalue weighted by Crippen LogP contribution is -2.36. The van der Waals surface area contributed by atoms with Crippen LogP contribution in [-0.2, 0) is 15.8 Å². The molecule has 1 spiro atoms. The summed E-state index contributed by atoms with van der Waals surface area (Å²) in [6, 6.07) is 10.4. The van der Waals surface area contributed by atoms with E-state index in [0.29, 0.717) is 42.2 Å². The SMILES string of the molecule is N#Cc1cc(-c2ccccc2C(F)(F)F)cc2[nH]c(C3=NOC4(CCOCC4)C3)nc12. The van der Waals surface area contributed by atoms with Crippen LogP contribution in [0.25, 0.3) is 22.2 Å². The highest BCUT2D eigenvalue weighted by Crippen LogP contribution is 2.39. The molecule has 0 unspecified atom stereocenters. The standard InChI is InChI=1S/C22H17F3N4O2/c23-22(24,25)16-4-2-1-3-15(16)13-9-14(12-26)19-17(10-13)27-20(28-19)18-11-21(31-29-18)5-7-30-8-6-21/h1-4,9-10H,5-8,11H2,(H,27,28). The van der Waals surface area contributed by atoms with Gasteiger partial charge < -0.3 is 14.6 Å². The first-order valence-corrected chi connectivity index (χ1v) is 9.82. The molecule has 31 heavy (non-hydrogen) atoms. The van der Waals surface area contributed by atoms with Gasteiger partial charge in [0.15, 0.2) is 5.82 Å². The summed E-state index contributed by atoms with van der Waals surface area (Å²) in [5.74, 6) is 0.455. The zero-order chi connectivity index (χ0) is 21.6. The Hall–Kier alpha value is -3.38. The Kier molecular flexibility index (Phi) is 4.48. The van der Waals surface area contributed by atoms with Crippen molar-refractivity contribution in [2.75, 3.05) is 13.2 Å². The topological polar surface area (TPSA) is 83.3 Å². The summed E-state index contributed by atoms with van der Waals surface area (Å²) in [6.45, 7) is 1.20. The molecule has 0 radical (unpaired) electrons. The molecule has 6 nitrogen and oxygen atoms in total. The molecule has 2 aliphatic heterocycles. The molecule has 2 aliphatic rings. The Morgan fingerprint density at radius 3 is 2.65 bits per heavy atom. The van der Waals surface area contributed by atoms with Crippen LogP contribution in [0.2, 0.25) is 0 Å². The maximum atomic E-state index is 13.5. The lowest BCUT2D eigenvalue weighted by atomic mass is 9.89. The van der Waals surface area contributed by atoms with Crippen molar-refractivity contribution in [3.8, 4) is 17.2 Å². The maximum absolute atomic E-state index is 13.5. The Labute approximate surface area is 175 Å². The zero-order valence-corrected chi connectivity index (χ0v) is 16.3. The van der Waals surface area contributed by atoms with Crippen LogP contribution in [0.5, 0.6) is 0 Å². The minimum Gasteiger partial charge on any atom is -0.388 e. The molecule has 1 N–H and O–H groups in total. The number of hydrogen-bond acceptors (Lipinski definition) is 5. The highest BCUT2D eigenvalue weighted by molar-refractivity contribution is 6.02. The van der Waals surface area contributed by atoms with Crippen molar-refractivity contribution in [1.82, 2.24) is 9.97 Å². The van der Waals surface area contributed by atoms with Crippen LogP contribution in [0, 0.1) is 11.3 Å². The third-order valence-electron chi connectivity index (χ3n) is 5.77. The van der Waals surface area contributed by atoms with Crippen molar-refractivity contribution < 1.29 is 22.7 Å². The molecule has 1 saturated heterocycles. The van der Waals surface area contributed by atoms with Crippen molar-refractivity contribution in [3.63, 3.8) is 0 Å². The van der Waals surface area contributed by atoms with Crippen molar-refractivity contribution in [2.24, 2.45) is 5.16 Å². The van der Waals surface area contributed by atoms with E-state index < -0.39 is 17.3 Å². The Balaban J connectivity index is 1.56. The number of alkyl halides is 3. The van der Waals surface area contributed by atoms with E-state index in [9.17, 15) is 18.4 Å². The van der Waals surface area contributed by atoms with Crippen LogP contribution in [0.3, 0.4) is 0 Å². The molecular formula is C22H17F3N4O2. The van der Waals surface area contributed by atoms with Gasteiger partial charge in [-0.05, 0) is 29.3 Å². The quantitative estimate of drug-likeness (QED) is 0.639. The van der Waals surface area contributed by atoms with Gasteiger partial charge in [-0.3, -0.25) is 0 Å². The largest absolute Gasteiger partial charge is 0.417 e. The average molecular weight is 426 g/mol. The normalized spacial score (nSPS) is 18.1. The predicted molar refractivity (Wildman–Crippen MR) is 106 cm³/mol. The number of oxime groups is 1. The second kappa shape index (κ2) is 7.10. The van der Waals surface area contributed by atoms with Gasteiger partial charge in [-0.15, -0.1) is 0 Å². The second-order valence-corrected chi connectivity index (χ2v) is 7.76. The summed E-state index contributed by atoms with van der Waals surface area (Å²) < 4.78 is 45.9. The molecule has 9 heteroatoms. The molecule has 3 heterocycles. The van der Waals surface area contributed by atoms with Gasteiger partial charge in [0, 0.05) is 19.3 Å². The number of nitriles is 1. The molecule has 5 rings (SSSR count). The number of halogens is 3. The highest BCUT2D eigenvalue weighted by Gasteiger charge is 2.42. The van der Waals surface area contributed by atoms with Gasteiger partial charge >= 0.3 is 6.18 Å². The fraction of sp³-hybridized carbons (Fsp3) is 0.318. The van der Waals surface area contributed by atoms with Gasteiger partial charge in [0.2, 0.25) is 0 Å². The number of rotatable bonds is 2. The molecule has 0 aliphatic carbocycles. The second-order valence-electron chi connectivity index (χ2n) is 7.76. The van der Waals surface area contributed by atoms with Gasteiger partial charge in [0.25, 0.3) is 0 Å². The number of aromatic amines is 1. The lowest BCUT2D eigenvalue weighted by Gasteiger charge is -2.30. The van der Waals surface area contributed by atoms with Crippen molar-refractivity contribution in [1.29, 1.82) is 5.26 Å². The third-order valence-corrected chi connectivity index (χ3v) is 5.77. The number of aromatic nitrogens is 2. The molecule has 0 saturated carbocycles. The molecule has 2 aromatic carbocycles. The number of hydrogen-bond donors (Lipinski definition) is 1. The van der Waals surface area contributed by atoms with Crippen LogP contribution >= 0.6 is 0 Å². The van der Waals surface area contributed by atoms with E-state index >= 15 is 0 Å². The zero-order valence-electron chi connectivity index (χ0n) is 16.3. The van der Waals surface area contributed by atoms with Crippen LogP contribution in [-0.4, -0.2) is 34.5 Å². The van der Waals surface area contributed by atoms with Crippen LogP contribution < -0.4 is 0 Å². The van der Waals surface area contributed by atoms with Crippen molar-refractivity contribution in [3.05, 3.63) is 53.3 Å². The van der Waals surface area contributed by atoms with Gasteiger partial charge in [0.1, 0.15) is 22.9 Å². The summed E-state index contributed by atoms with van der Waals surface area (Å²) in [6.07, 6.45) is -2.50. The van der Waals surface area contributed by atoms with Crippen LogP contribution in [0.4, 0.5) is 13.2 Å². The number of nitrogens with one attached hydrogen (secondary N) is 1. The molecule has 0 amide bonds.